The minimum absolute atomic E-state index is 0.0254. The van der Waals surface area contributed by atoms with E-state index >= 15 is 0 Å². The summed E-state index contributed by atoms with van der Waals surface area (Å²) in [6.07, 6.45) is 3.00. The van der Waals surface area contributed by atoms with Gasteiger partial charge in [-0.25, -0.2) is 4.98 Å². The average molecular weight is 388 g/mol. The molecule has 1 aliphatic rings. The monoisotopic (exact) mass is 388 g/mol. The number of rotatable bonds is 7. The van der Waals surface area contributed by atoms with Crippen molar-refractivity contribution in [3.63, 3.8) is 0 Å². The summed E-state index contributed by atoms with van der Waals surface area (Å²) in [4.78, 5) is 20.4. The molecule has 148 valence electrons. The minimum Gasteiger partial charge on any atom is -0.365 e. The summed E-state index contributed by atoms with van der Waals surface area (Å²) in [5.74, 6) is 1.16. The van der Waals surface area contributed by atoms with Crippen LogP contribution in [0.2, 0.25) is 0 Å². The molecule has 2 N–H and O–H groups in total. The maximum atomic E-state index is 11.8. The first-order chi connectivity index (χ1) is 13.8. The molecule has 0 radical (unpaired) electrons. The quantitative estimate of drug-likeness (QED) is 0.748. The van der Waals surface area contributed by atoms with Gasteiger partial charge in [-0.2, -0.15) is 15.5 Å². The van der Waals surface area contributed by atoms with Gasteiger partial charge in [0.25, 0.3) is 0 Å². The molecule has 2 atom stereocenters. The van der Waals surface area contributed by atoms with Gasteiger partial charge in [-0.05, 0) is 42.9 Å². The SMILES string of the molecule is CC(=O)[C@H]1C[C@@H](Nc2nc(NCCc3ccc(C#N)cc3)ncc2C#N)C1(C)C. The van der Waals surface area contributed by atoms with E-state index in [4.69, 9.17) is 5.26 Å². The highest BCUT2D eigenvalue weighted by Crippen LogP contribution is 2.48. The van der Waals surface area contributed by atoms with Gasteiger partial charge >= 0.3 is 0 Å². The molecule has 0 unspecified atom stereocenters. The van der Waals surface area contributed by atoms with Crippen molar-refractivity contribution in [2.75, 3.05) is 17.2 Å². The van der Waals surface area contributed by atoms with Gasteiger partial charge in [0, 0.05) is 18.5 Å². The van der Waals surface area contributed by atoms with E-state index < -0.39 is 0 Å². The lowest BCUT2D eigenvalue weighted by molar-refractivity contribution is -0.130. The van der Waals surface area contributed by atoms with Crippen molar-refractivity contribution in [3.8, 4) is 12.1 Å². The zero-order valence-corrected chi connectivity index (χ0v) is 16.9. The number of hydrogen-bond donors (Lipinski definition) is 2. The molecule has 0 aliphatic heterocycles. The van der Waals surface area contributed by atoms with E-state index in [1.165, 1.54) is 6.20 Å². The van der Waals surface area contributed by atoms with E-state index in [1.54, 1.807) is 19.1 Å². The third kappa shape index (κ3) is 4.35. The van der Waals surface area contributed by atoms with Crippen LogP contribution in [0.3, 0.4) is 0 Å². The minimum atomic E-state index is -0.188. The molecule has 7 heteroatoms. The molecular formula is C22H24N6O. The van der Waals surface area contributed by atoms with Gasteiger partial charge in [0.15, 0.2) is 0 Å². The fourth-order valence-electron chi connectivity index (χ4n) is 3.75. The highest BCUT2D eigenvalue weighted by atomic mass is 16.1. The van der Waals surface area contributed by atoms with Gasteiger partial charge in [0.05, 0.1) is 17.8 Å². The largest absolute Gasteiger partial charge is 0.365 e. The number of ketones is 1. The van der Waals surface area contributed by atoms with Crippen LogP contribution in [-0.4, -0.2) is 28.3 Å². The van der Waals surface area contributed by atoms with Crippen LogP contribution in [0.25, 0.3) is 0 Å². The molecule has 1 fully saturated rings. The molecule has 1 saturated carbocycles. The average Bonchev–Trinajstić information content (AvgIpc) is 2.71. The first-order valence-electron chi connectivity index (χ1n) is 9.62. The number of aromatic nitrogens is 2. The molecule has 0 bridgehead atoms. The highest BCUT2D eigenvalue weighted by Gasteiger charge is 2.50. The van der Waals surface area contributed by atoms with Crippen molar-refractivity contribution < 1.29 is 4.79 Å². The molecule has 3 rings (SSSR count). The third-order valence-corrected chi connectivity index (χ3v) is 5.76. The van der Waals surface area contributed by atoms with Crippen molar-refractivity contribution in [1.82, 2.24) is 9.97 Å². The van der Waals surface area contributed by atoms with Crippen LogP contribution in [0, 0.1) is 34.0 Å². The number of benzene rings is 1. The Hall–Kier alpha value is -3.45. The Labute approximate surface area is 170 Å². The Balaban J connectivity index is 1.64. The fraction of sp³-hybridized carbons (Fsp3) is 0.409. The van der Waals surface area contributed by atoms with E-state index in [1.807, 2.05) is 12.1 Å². The van der Waals surface area contributed by atoms with Crippen molar-refractivity contribution >= 4 is 17.5 Å². The number of nitrogens with one attached hydrogen (secondary N) is 2. The molecule has 1 aliphatic carbocycles. The normalized spacial score (nSPS) is 19.3. The van der Waals surface area contributed by atoms with Crippen molar-refractivity contribution in [3.05, 3.63) is 47.2 Å². The van der Waals surface area contributed by atoms with E-state index in [2.05, 4.69) is 46.6 Å². The maximum Gasteiger partial charge on any atom is 0.224 e. The predicted octanol–water partition coefficient (Wildman–Crippen LogP) is 3.29. The van der Waals surface area contributed by atoms with Crippen LogP contribution in [0.5, 0.6) is 0 Å². The van der Waals surface area contributed by atoms with Gasteiger partial charge in [0.1, 0.15) is 23.2 Å². The van der Waals surface area contributed by atoms with E-state index in [9.17, 15) is 10.1 Å². The third-order valence-electron chi connectivity index (χ3n) is 5.76. The number of carbonyl (C=O) groups is 1. The lowest BCUT2D eigenvalue weighted by Crippen LogP contribution is -2.56. The predicted molar refractivity (Wildman–Crippen MR) is 110 cm³/mol. The van der Waals surface area contributed by atoms with Gasteiger partial charge < -0.3 is 10.6 Å². The number of nitriles is 2. The van der Waals surface area contributed by atoms with Crippen LogP contribution < -0.4 is 10.6 Å². The number of hydrogen-bond acceptors (Lipinski definition) is 7. The smallest absolute Gasteiger partial charge is 0.224 e. The Kier molecular flexibility index (Phi) is 5.79. The second-order valence-electron chi connectivity index (χ2n) is 7.97. The summed E-state index contributed by atoms with van der Waals surface area (Å²) in [7, 11) is 0. The zero-order chi connectivity index (χ0) is 21.0. The van der Waals surface area contributed by atoms with Crippen molar-refractivity contribution in [1.29, 1.82) is 10.5 Å². The number of anilines is 2. The fourth-order valence-corrected chi connectivity index (χ4v) is 3.75. The zero-order valence-electron chi connectivity index (χ0n) is 16.9. The molecule has 2 aromatic rings. The van der Waals surface area contributed by atoms with Gasteiger partial charge in [-0.15, -0.1) is 0 Å². The molecule has 1 heterocycles. The van der Waals surface area contributed by atoms with Crippen LogP contribution in [0.4, 0.5) is 11.8 Å². The first kappa shape index (κ1) is 20.3. The lowest BCUT2D eigenvalue weighted by atomic mass is 9.57. The van der Waals surface area contributed by atoms with Gasteiger partial charge in [-0.3, -0.25) is 4.79 Å². The summed E-state index contributed by atoms with van der Waals surface area (Å²) >= 11 is 0. The molecule has 0 spiro atoms. The number of nitrogens with zero attached hydrogens (tertiary/aromatic N) is 4. The van der Waals surface area contributed by atoms with E-state index in [0.717, 1.165) is 18.4 Å². The number of Topliss-reactive ketones (excluding diaryl/α,β-unsaturated/α-hetero) is 1. The molecule has 7 nitrogen and oxygen atoms in total. The molecule has 1 aromatic carbocycles. The maximum absolute atomic E-state index is 11.8. The Bertz CT molecular complexity index is 984. The standard InChI is InChI=1S/C22H24N6O/c1-14(29)18-10-19(22(18,2)3)27-20-17(12-24)13-26-21(28-20)25-9-8-15-4-6-16(11-23)7-5-15/h4-7,13,18-19H,8-10H2,1-3H3,(H2,25,26,27,28)/t18-,19-/m1/s1. The van der Waals surface area contributed by atoms with Gasteiger partial charge in [0.2, 0.25) is 5.95 Å². The van der Waals surface area contributed by atoms with Crippen LogP contribution in [-0.2, 0) is 11.2 Å². The Morgan fingerprint density at radius 1 is 1.24 bits per heavy atom. The summed E-state index contributed by atoms with van der Waals surface area (Å²) in [6.45, 7) is 6.37. The van der Waals surface area contributed by atoms with Crippen LogP contribution in [0.1, 0.15) is 43.9 Å². The van der Waals surface area contributed by atoms with Crippen molar-refractivity contribution in [2.24, 2.45) is 11.3 Å². The summed E-state index contributed by atoms with van der Waals surface area (Å²) < 4.78 is 0. The molecule has 29 heavy (non-hydrogen) atoms. The van der Waals surface area contributed by atoms with E-state index in [-0.39, 0.29) is 23.2 Å². The second kappa shape index (κ2) is 8.28. The Morgan fingerprint density at radius 2 is 1.97 bits per heavy atom. The number of carbonyl (C=O) groups excluding carboxylic acids is 1. The Morgan fingerprint density at radius 3 is 2.55 bits per heavy atom. The van der Waals surface area contributed by atoms with Crippen molar-refractivity contribution in [2.45, 2.75) is 39.7 Å². The molecule has 0 amide bonds. The van der Waals surface area contributed by atoms with E-state index in [0.29, 0.717) is 29.4 Å². The highest BCUT2D eigenvalue weighted by molar-refractivity contribution is 5.81. The molecule has 0 saturated heterocycles. The topological polar surface area (TPSA) is 114 Å². The summed E-state index contributed by atoms with van der Waals surface area (Å²) in [5, 5.41) is 24.8. The first-order valence-corrected chi connectivity index (χ1v) is 9.62. The lowest BCUT2D eigenvalue weighted by Gasteiger charge is -2.51. The molecular weight excluding hydrogens is 364 g/mol. The molecule has 1 aromatic heterocycles. The van der Waals surface area contributed by atoms with Gasteiger partial charge in [-0.1, -0.05) is 26.0 Å². The van der Waals surface area contributed by atoms with Crippen LogP contribution >= 0.6 is 0 Å². The second-order valence-corrected chi connectivity index (χ2v) is 7.97. The summed E-state index contributed by atoms with van der Waals surface area (Å²) in [5.41, 5.74) is 1.94. The summed E-state index contributed by atoms with van der Waals surface area (Å²) in [6, 6.07) is 11.7. The van der Waals surface area contributed by atoms with Crippen LogP contribution in [0.15, 0.2) is 30.5 Å².